The Morgan fingerprint density at radius 3 is 0.831 bits per heavy atom. The maximum absolute atomic E-state index is 14.4. The lowest BCUT2D eigenvalue weighted by Gasteiger charge is -2.28. The monoisotopic (exact) mass is 1640 g/mol. The lowest BCUT2D eigenvalue weighted by atomic mass is 9.88. The Hall–Kier alpha value is -10.7. The van der Waals surface area contributed by atoms with E-state index in [-0.39, 0.29) is 107 Å². The maximum atomic E-state index is 14.4. The van der Waals surface area contributed by atoms with E-state index in [0.717, 1.165) is 12.1 Å². The number of benzene rings is 8. The van der Waals surface area contributed by atoms with E-state index < -0.39 is 69.6 Å². The summed E-state index contributed by atoms with van der Waals surface area (Å²) in [5.74, 6) is -0.892. The highest BCUT2D eigenvalue weighted by Gasteiger charge is 2.65. The molecule has 18 nitrogen and oxygen atoms in total. The van der Waals surface area contributed by atoms with E-state index in [4.69, 9.17) is 0 Å². The quantitative estimate of drug-likeness (QED) is 0.0403. The maximum Gasteiger partial charge on any atom is 0.425 e. The molecule has 0 saturated carbocycles. The number of halogens is 13. The Bertz CT molecular complexity index is 5430. The summed E-state index contributed by atoms with van der Waals surface area (Å²) in [6, 6.07) is 34.4. The minimum Gasteiger partial charge on any atom is -0.394 e. The number of aryl methyl sites for hydroxylation is 3. The summed E-state index contributed by atoms with van der Waals surface area (Å²) in [4.78, 5) is 0. The zero-order chi connectivity index (χ0) is 85.7. The third-order valence-electron chi connectivity index (χ3n) is 22.7. The Balaban J connectivity index is 0.000000136. The van der Waals surface area contributed by atoms with Gasteiger partial charge in [0.2, 0.25) is 22.4 Å². The van der Waals surface area contributed by atoms with E-state index in [2.05, 4.69) is 20.4 Å². The smallest absolute Gasteiger partial charge is 0.394 e. The number of hydrogen-bond donors (Lipinski definition) is 10. The first-order valence-electron chi connectivity index (χ1n) is 37.3. The van der Waals surface area contributed by atoms with Crippen LogP contribution in [0.25, 0.3) is 89.0 Å². The molecule has 0 bridgehead atoms. The van der Waals surface area contributed by atoms with Gasteiger partial charge in [0.05, 0.1) is 76.5 Å². The first-order chi connectivity index (χ1) is 55.6. The molecule has 4 aliphatic rings. The van der Waals surface area contributed by atoms with Gasteiger partial charge in [-0.25, -0.2) is 4.39 Å². The molecule has 31 heteroatoms. The van der Waals surface area contributed by atoms with Crippen LogP contribution in [0.5, 0.6) is 0 Å². The Morgan fingerprint density at radius 1 is 0.331 bits per heavy atom. The van der Waals surface area contributed by atoms with Crippen molar-refractivity contribution in [3.63, 3.8) is 0 Å². The van der Waals surface area contributed by atoms with Crippen molar-refractivity contribution < 1.29 is 108 Å². The lowest BCUT2D eigenvalue weighted by Crippen LogP contribution is -2.41. The minimum atomic E-state index is -5.03. The van der Waals surface area contributed by atoms with E-state index in [1.165, 1.54) is 105 Å². The summed E-state index contributed by atoms with van der Waals surface area (Å²) in [5.41, 5.74) is -8.96. The van der Waals surface area contributed by atoms with Gasteiger partial charge in [0, 0.05) is 91.5 Å². The predicted molar refractivity (Wildman–Crippen MR) is 411 cm³/mol. The molecule has 620 valence electrons. The fourth-order valence-corrected chi connectivity index (χ4v) is 16.1. The summed E-state index contributed by atoms with van der Waals surface area (Å²) < 4.78 is 189. The standard InChI is InChI=1S/2C22H21F3N2O3.C22H21F3N2O2.C21H18F4N2O2/c2*1-13-7-16(14-9-26-27(10-14)20(2,11-28)12-29)19-15-5-3-4-6-17(15)21(30,18(19)8-13)22(23,24)25;1-3-15(12-28)27-11-14(10-26-27)17-8-13(2)9-19-20(17)16-6-4-5-7-18(16)21(19,29)22(23,24)25;1-2-14(11-28)27-10-12(9-26-27)16-7-13(22)8-18-19(16)15-5-3-4-6-17(15)20(18,29)21(23,24)25/h2*3-10,28-30H,11-12H2,1-2H3;4-11,15,28-29H,3,12H2,1-2H3;3-10,14,28-29H,2,11H2,1H3/t2*21-;15?,21-;14?,20-/m1111/s1. The van der Waals surface area contributed by atoms with Gasteiger partial charge >= 0.3 is 24.7 Å². The van der Waals surface area contributed by atoms with Crippen molar-refractivity contribution in [2.75, 3.05) is 39.6 Å². The fraction of sp³-hybridized carbons (Fsp3) is 0.310. The van der Waals surface area contributed by atoms with Gasteiger partial charge in [0.15, 0.2) is 0 Å². The Morgan fingerprint density at radius 2 is 0.576 bits per heavy atom. The van der Waals surface area contributed by atoms with Crippen LogP contribution in [0.15, 0.2) is 195 Å². The van der Waals surface area contributed by atoms with Gasteiger partial charge in [-0.3, -0.25) is 18.7 Å². The van der Waals surface area contributed by atoms with Crippen LogP contribution in [0.2, 0.25) is 0 Å². The second-order valence-electron chi connectivity index (χ2n) is 30.5. The Kier molecular flexibility index (Phi) is 22.3. The van der Waals surface area contributed by atoms with Crippen LogP contribution in [-0.2, 0) is 33.5 Å². The summed E-state index contributed by atoms with van der Waals surface area (Å²) in [7, 11) is 0. The molecule has 0 saturated heterocycles. The van der Waals surface area contributed by atoms with E-state index in [1.807, 2.05) is 13.8 Å². The van der Waals surface area contributed by atoms with Gasteiger partial charge in [0.1, 0.15) is 16.9 Å². The van der Waals surface area contributed by atoms with E-state index in [0.29, 0.717) is 102 Å². The van der Waals surface area contributed by atoms with Gasteiger partial charge in [-0.15, -0.1) is 0 Å². The average molecular weight is 1650 g/mol. The van der Waals surface area contributed by atoms with Crippen molar-refractivity contribution >= 4 is 0 Å². The molecular weight excluding hydrogens is 1560 g/mol. The molecule has 10 N–H and O–H groups in total. The number of nitrogens with zero attached hydrogens (tertiary/aromatic N) is 8. The highest BCUT2D eigenvalue weighted by atomic mass is 19.4. The number of fused-ring (bicyclic) bond motifs is 12. The van der Waals surface area contributed by atoms with E-state index >= 15 is 0 Å². The molecule has 4 aromatic heterocycles. The molecule has 2 unspecified atom stereocenters. The average Bonchev–Trinajstić information content (AvgIpc) is 1.56. The molecule has 8 aromatic carbocycles. The van der Waals surface area contributed by atoms with E-state index in [9.17, 15) is 108 Å². The number of alkyl halides is 12. The second-order valence-corrected chi connectivity index (χ2v) is 30.5. The first kappa shape index (κ1) is 85.2. The number of aliphatic hydroxyl groups is 10. The summed E-state index contributed by atoms with van der Waals surface area (Å²) >= 11 is 0. The SMILES string of the molecule is CCC(CO)n1cc(-c2cc(C)cc3c2-c2ccccc2[C@]3(O)C(F)(F)F)cn1.CCC(CO)n1cc(-c2cc(F)cc3c2-c2ccccc2[C@]3(O)C(F)(F)F)cn1.Cc1cc(-c2cnn(C(C)(CO)CO)c2)c2c(c1)[C@@](O)(C(F)(F)F)c1ccccc1-2.Cc1cc(-c2cnn(C(C)(CO)CO)c2)c2c(c1)[C@@](O)(C(F)(F)F)c1ccccc1-2. The van der Waals surface area contributed by atoms with Gasteiger partial charge in [-0.1, -0.05) is 164 Å². The molecule has 4 aliphatic carbocycles. The van der Waals surface area contributed by atoms with Crippen molar-refractivity contribution in [1.29, 1.82) is 0 Å². The van der Waals surface area contributed by atoms with Crippen LogP contribution in [0.1, 0.15) is 114 Å². The number of hydrogen-bond acceptors (Lipinski definition) is 14. The van der Waals surface area contributed by atoms with Crippen LogP contribution in [0.4, 0.5) is 57.1 Å². The fourth-order valence-electron chi connectivity index (χ4n) is 16.1. The van der Waals surface area contributed by atoms with Crippen molar-refractivity contribution in [2.24, 2.45) is 0 Å². The normalized spacial score (nSPS) is 18.8. The second kappa shape index (κ2) is 30.9. The topological polar surface area (TPSA) is 274 Å². The summed E-state index contributed by atoms with van der Waals surface area (Å²) in [6.07, 6.45) is -6.05. The van der Waals surface area contributed by atoms with E-state index in [1.54, 1.807) is 131 Å². The summed E-state index contributed by atoms with van der Waals surface area (Å²) in [6.45, 7) is 10.3. The summed E-state index contributed by atoms with van der Waals surface area (Å²) in [5, 5.41) is 118. The third kappa shape index (κ3) is 13.7. The van der Waals surface area contributed by atoms with Crippen molar-refractivity contribution in [1.82, 2.24) is 39.1 Å². The zero-order valence-corrected chi connectivity index (χ0v) is 64.3. The predicted octanol–water partition coefficient (Wildman–Crippen LogP) is 15.7. The van der Waals surface area contributed by atoms with Gasteiger partial charge in [-0.05, 0) is 126 Å². The van der Waals surface area contributed by atoms with Crippen molar-refractivity contribution in [3.8, 4) is 89.0 Å². The molecule has 0 amide bonds. The largest absolute Gasteiger partial charge is 0.425 e. The Labute approximate surface area is 666 Å². The molecule has 6 atom stereocenters. The van der Waals surface area contributed by atoms with Crippen LogP contribution in [0.3, 0.4) is 0 Å². The molecule has 0 fully saturated rings. The first-order valence-corrected chi connectivity index (χ1v) is 37.3. The third-order valence-corrected chi connectivity index (χ3v) is 22.7. The van der Waals surface area contributed by atoms with Crippen molar-refractivity contribution in [2.45, 2.75) is 132 Å². The molecule has 0 aliphatic heterocycles. The van der Waals surface area contributed by atoms with Crippen LogP contribution >= 0.6 is 0 Å². The van der Waals surface area contributed by atoms with Crippen LogP contribution < -0.4 is 0 Å². The zero-order valence-electron chi connectivity index (χ0n) is 64.3. The number of aliphatic hydroxyl groups excluding tert-OH is 6. The van der Waals surface area contributed by atoms with Gasteiger partial charge in [0.25, 0.3) is 0 Å². The molecule has 0 radical (unpaired) electrons. The molecule has 4 heterocycles. The van der Waals surface area contributed by atoms with Crippen molar-refractivity contribution in [3.05, 3.63) is 262 Å². The van der Waals surface area contributed by atoms with Crippen LogP contribution in [0, 0.1) is 26.6 Å². The minimum absolute atomic E-state index is 0.0831. The van der Waals surface area contributed by atoms with Crippen LogP contribution in [-0.4, -0.2) is 155 Å². The molecule has 118 heavy (non-hydrogen) atoms. The van der Waals surface area contributed by atoms with Gasteiger partial charge in [-0.2, -0.15) is 73.1 Å². The molecule has 0 spiro atoms. The number of rotatable bonds is 16. The molecule has 12 aromatic rings. The number of aromatic nitrogens is 8. The lowest BCUT2D eigenvalue weighted by molar-refractivity contribution is -0.247. The molecular formula is C87H81F13N8O10. The highest BCUT2D eigenvalue weighted by Crippen LogP contribution is 2.62. The van der Waals surface area contributed by atoms with Gasteiger partial charge < -0.3 is 51.1 Å². The highest BCUT2D eigenvalue weighted by molar-refractivity contribution is 5.96. The molecule has 16 rings (SSSR count).